The van der Waals surface area contributed by atoms with Gasteiger partial charge >= 0.3 is 0 Å². The van der Waals surface area contributed by atoms with Gasteiger partial charge in [-0.1, -0.05) is 23.0 Å². The second-order valence-electron chi connectivity index (χ2n) is 7.69. The molecule has 4 heterocycles. The molecule has 0 spiro atoms. The van der Waals surface area contributed by atoms with Gasteiger partial charge in [-0.3, -0.25) is 14.3 Å². The first-order valence-electron chi connectivity index (χ1n) is 10.8. The summed E-state index contributed by atoms with van der Waals surface area (Å²) in [4.78, 5) is 28.9. The fraction of sp³-hybridized carbons (Fsp3) is 0.348. The lowest BCUT2D eigenvalue weighted by molar-refractivity contribution is 0.378. The van der Waals surface area contributed by atoms with Crippen molar-refractivity contribution in [1.29, 1.82) is 0 Å². The molecule has 0 aliphatic heterocycles. The molecule has 1 aliphatic carbocycles. The van der Waals surface area contributed by atoms with E-state index in [0.29, 0.717) is 24.7 Å². The van der Waals surface area contributed by atoms with Gasteiger partial charge < -0.3 is 4.52 Å². The van der Waals surface area contributed by atoms with E-state index in [1.807, 2.05) is 12.1 Å². The highest BCUT2D eigenvalue weighted by Gasteiger charge is 2.22. The van der Waals surface area contributed by atoms with Crippen molar-refractivity contribution in [3.8, 4) is 11.4 Å². The molecule has 1 aliphatic rings. The first kappa shape index (κ1) is 21.1. The van der Waals surface area contributed by atoms with Crippen molar-refractivity contribution in [2.24, 2.45) is 0 Å². The highest BCUT2D eigenvalue weighted by molar-refractivity contribution is 7.99. The third kappa shape index (κ3) is 4.14. The molecule has 0 atom stereocenters. The minimum absolute atomic E-state index is 0.0655. The first-order valence-corrected chi connectivity index (χ1v) is 12.6. The van der Waals surface area contributed by atoms with Gasteiger partial charge in [0, 0.05) is 41.6 Å². The minimum atomic E-state index is 0.0655. The monoisotopic (exact) mass is 465 g/mol. The molecule has 32 heavy (non-hydrogen) atoms. The van der Waals surface area contributed by atoms with Crippen LogP contribution in [0.25, 0.3) is 21.6 Å². The Bertz CT molecular complexity index is 1310. The third-order valence-corrected chi connectivity index (χ3v) is 7.77. The van der Waals surface area contributed by atoms with Crippen molar-refractivity contribution in [3.05, 3.63) is 63.9 Å². The molecular formula is C23H23N5O2S2. The number of thioether (sulfide) groups is 1. The van der Waals surface area contributed by atoms with E-state index in [2.05, 4.69) is 21.7 Å². The molecule has 7 nitrogen and oxygen atoms in total. The summed E-state index contributed by atoms with van der Waals surface area (Å²) in [5.41, 5.74) is 2.18. The summed E-state index contributed by atoms with van der Waals surface area (Å²) in [6, 6.07) is 3.71. The average molecular weight is 466 g/mol. The molecular weight excluding hydrogens is 442 g/mol. The molecule has 0 amide bonds. The van der Waals surface area contributed by atoms with E-state index in [0.717, 1.165) is 52.4 Å². The quantitative estimate of drug-likeness (QED) is 0.161. The van der Waals surface area contributed by atoms with Crippen molar-refractivity contribution in [1.82, 2.24) is 24.7 Å². The van der Waals surface area contributed by atoms with Crippen LogP contribution in [-0.2, 0) is 25.8 Å². The summed E-state index contributed by atoms with van der Waals surface area (Å²) in [5, 5.41) is 5.63. The molecule has 4 aromatic rings. The van der Waals surface area contributed by atoms with E-state index in [-0.39, 0.29) is 5.56 Å². The smallest absolute Gasteiger partial charge is 0.263 e. The number of hydrogen-bond donors (Lipinski definition) is 0. The maximum atomic E-state index is 13.3. The Hall–Kier alpha value is -2.78. The molecule has 4 aromatic heterocycles. The Balaban J connectivity index is 1.30. The van der Waals surface area contributed by atoms with Crippen LogP contribution in [0.4, 0.5) is 0 Å². The van der Waals surface area contributed by atoms with Gasteiger partial charge in [-0.2, -0.15) is 4.98 Å². The molecule has 0 bridgehead atoms. The van der Waals surface area contributed by atoms with Crippen LogP contribution in [0.15, 0.2) is 51.7 Å². The summed E-state index contributed by atoms with van der Waals surface area (Å²) in [7, 11) is 0. The maximum absolute atomic E-state index is 13.3. The summed E-state index contributed by atoms with van der Waals surface area (Å²) in [6.45, 7) is 4.30. The zero-order valence-corrected chi connectivity index (χ0v) is 19.3. The Labute approximate surface area is 193 Å². The van der Waals surface area contributed by atoms with Gasteiger partial charge in [0.2, 0.25) is 11.7 Å². The molecule has 164 valence electrons. The van der Waals surface area contributed by atoms with E-state index in [4.69, 9.17) is 9.51 Å². The van der Waals surface area contributed by atoms with Crippen molar-refractivity contribution >= 4 is 33.3 Å². The minimum Gasteiger partial charge on any atom is -0.339 e. The number of thiophene rings is 1. The van der Waals surface area contributed by atoms with E-state index in [9.17, 15) is 4.79 Å². The van der Waals surface area contributed by atoms with Crippen LogP contribution < -0.4 is 5.56 Å². The number of fused-ring (bicyclic) bond motifs is 3. The number of rotatable bonds is 8. The molecule has 0 saturated carbocycles. The predicted octanol–water partition coefficient (Wildman–Crippen LogP) is 4.69. The molecule has 0 radical (unpaired) electrons. The Morgan fingerprint density at radius 2 is 2.06 bits per heavy atom. The second-order valence-corrected chi connectivity index (χ2v) is 9.84. The fourth-order valence-corrected chi connectivity index (χ4v) is 6.23. The van der Waals surface area contributed by atoms with Crippen molar-refractivity contribution in [2.45, 2.75) is 50.2 Å². The van der Waals surface area contributed by atoms with E-state index < -0.39 is 0 Å². The number of hydrogen-bond acceptors (Lipinski definition) is 8. The van der Waals surface area contributed by atoms with Crippen LogP contribution in [0.5, 0.6) is 0 Å². The largest absolute Gasteiger partial charge is 0.339 e. The summed E-state index contributed by atoms with van der Waals surface area (Å²) < 4.78 is 7.14. The van der Waals surface area contributed by atoms with Crippen molar-refractivity contribution < 1.29 is 4.52 Å². The Morgan fingerprint density at radius 3 is 2.91 bits per heavy atom. The van der Waals surface area contributed by atoms with Crippen LogP contribution in [0.1, 0.15) is 35.6 Å². The number of nitrogens with zero attached hydrogens (tertiary/aromatic N) is 5. The SMILES string of the molecule is C=CCn1c(SCCCc2nc(-c3ccncc3)no2)nc2sc3c(c2c1=O)CCCC3. The highest BCUT2D eigenvalue weighted by Crippen LogP contribution is 2.34. The number of aryl methyl sites for hydroxylation is 3. The highest BCUT2D eigenvalue weighted by atomic mass is 32.2. The van der Waals surface area contributed by atoms with E-state index in [1.165, 1.54) is 16.9 Å². The zero-order valence-electron chi connectivity index (χ0n) is 17.6. The normalized spacial score (nSPS) is 13.4. The lowest BCUT2D eigenvalue weighted by Gasteiger charge is -2.12. The van der Waals surface area contributed by atoms with Gasteiger partial charge in [0.15, 0.2) is 5.16 Å². The molecule has 5 rings (SSSR count). The molecule has 0 saturated heterocycles. The maximum Gasteiger partial charge on any atom is 0.263 e. The topological polar surface area (TPSA) is 86.7 Å². The Kier molecular flexibility index (Phi) is 6.18. The van der Waals surface area contributed by atoms with Crippen LogP contribution in [0.2, 0.25) is 0 Å². The fourth-order valence-electron chi connectivity index (χ4n) is 3.98. The van der Waals surface area contributed by atoms with Gasteiger partial charge in [0.05, 0.1) is 5.39 Å². The van der Waals surface area contributed by atoms with Gasteiger partial charge in [-0.25, -0.2) is 4.98 Å². The summed E-state index contributed by atoms with van der Waals surface area (Å²) >= 11 is 3.29. The number of pyridine rings is 1. The molecule has 9 heteroatoms. The Morgan fingerprint density at radius 1 is 1.22 bits per heavy atom. The predicted molar refractivity (Wildman–Crippen MR) is 127 cm³/mol. The third-order valence-electron chi connectivity index (χ3n) is 5.52. The lowest BCUT2D eigenvalue weighted by Crippen LogP contribution is -2.23. The number of aromatic nitrogens is 5. The van der Waals surface area contributed by atoms with Crippen molar-refractivity contribution in [2.75, 3.05) is 5.75 Å². The molecule has 0 N–H and O–H groups in total. The van der Waals surface area contributed by atoms with Crippen LogP contribution in [0.3, 0.4) is 0 Å². The first-order chi connectivity index (χ1) is 15.7. The van der Waals surface area contributed by atoms with Crippen LogP contribution in [0, 0.1) is 0 Å². The van der Waals surface area contributed by atoms with Crippen LogP contribution in [-0.4, -0.2) is 30.4 Å². The van der Waals surface area contributed by atoms with E-state index >= 15 is 0 Å². The zero-order chi connectivity index (χ0) is 21.9. The molecule has 0 unspecified atom stereocenters. The molecule has 0 aromatic carbocycles. The lowest BCUT2D eigenvalue weighted by atomic mass is 9.97. The van der Waals surface area contributed by atoms with E-state index in [1.54, 1.807) is 46.1 Å². The van der Waals surface area contributed by atoms with Gasteiger partial charge in [0.1, 0.15) is 4.83 Å². The van der Waals surface area contributed by atoms with Crippen molar-refractivity contribution in [3.63, 3.8) is 0 Å². The second kappa shape index (κ2) is 9.38. The average Bonchev–Trinajstić information content (AvgIpc) is 3.44. The summed E-state index contributed by atoms with van der Waals surface area (Å²) in [5.74, 6) is 1.98. The summed E-state index contributed by atoms with van der Waals surface area (Å²) in [6.07, 6.45) is 11.1. The number of allylic oxidation sites excluding steroid dienone is 1. The van der Waals surface area contributed by atoms with Gasteiger partial charge in [-0.15, -0.1) is 17.9 Å². The van der Waals surface area contributed by atoms with Gasteiger partial charge in [-0.05, 0) is 49.8 Å². The standard InChI is InChI=1S/C23H23N5O2S2/c1-2-13-28-22(29)19-16-6-3-4-7-17(16)32-21(19)26-23(28)31-14-5-8-18-25-20(27-30-18)15-9-11-24-12-10-15/h2,9-12H,1,3-8,13-14H2. The van der Waals surface area contributed by atoms with Gasteiger partial charge in [0.25, 0.3) is 5.56 Å². The van der Waals surface area contributed by atoms with Crippen LogP contribution >= 0.6 is 23.1 Å². The molecule has 0 fully saturated rings.